The Bertz CT molecular complexity index is 3300. The molecule has 0 bridgehead atoms. The number of carbonyl (C=O) groups excluding carboxylic acids is 3. The number of nitrogens with zero attached hydrogens (tertiary/aromatic N) is 13. The lowest BCUT2D eigenvalue weighted by Gasteiger charge is -2.24. The molecule has 11 rings (SSSR count). The molecule has 7 aromatic rings. The summed E-state index contributed by atoms with van der Waals surface area (Å²) in [5.74, 6) is 2.33. The Morgan fingerprint density at radius 3 is 1.74 bits per heavy atom. The number of amides is 3. The van der Waals surface area contributed by atoms with Gasteiger partial charge in [0.2, 0.25) is 5.91 Å². The van der Waals surface area contributed by atoms with Crippen molar-refractivity contribution in [3.05, 3.63) is 65.8 Å². The van der Waals surface area contributed by atoms with E-state index >= 15 is 0 Å². The average molecular weight is 1230 g/mol. The van der Waals surface area contributed by atoms with Gasteiger partial charge in [-0.2, -0.15) is 15.3 Å². The van der Waals surface area contributed by atoms with Crippen LogP contribution >= 0.6 is 23.2 Å². The summed E-state index contributed by atoms with van der Waals surface area (Å²) >= 11 is 12.0. The SMILES string of the molecule is CC(C)(C)OC(=O)N1CC[C@@H](N)C1.CC(C)(C)OC(=O)N1CC[C@@H](Nc2ncnc3c2cnn3COCC[Si](C)(C)C)C1.O=C(CNc1cc(Cl)cc(Cl)c1)N1CC[C@@H](Nc2ncnc3[nH]ncc23)C1.c1nc(N[C@@H]2CCNC2)c2cn[nH]c2n1. The van der Waals surface area contributed by atoms with Crippen molar-refractivity contribution < 1.29 is 28.6 Å². The largest absolute Gasteiger partial charge is 0.444 e. The van der Waals surface area contributed by atoms with Crippen LogP contribution in [0.25, 0.3) is 33.1 Å². The molecule has 6 aromatic heterocycles. The maximum absolute atomic E-state index is 12.5. The lowest BCUT2D eigenvalue weighted by atomic mass is 10.2. The quantitative estimate of drug-likeness (QED) is 0.0388. The van der Waals surface area contributed by atoms with Crippen LogP contribution in [0, 0.1) is 0 Å². The smallest absolute Gasteiger partial charge is 0.410 e. The Balaban J connectivity index is 0.000000156. The summed E-state index contributed by atoms with van der Waals surface area (Å²) in [4.78, 5) is 67.0. The molecule has 4 atom stereocenters. The Kier molecular flexibility index (Phi) is 21.6. The fourth-order valence-electron chi connectivity index (χ4n) is 9.45. The standard InChI is InChI=1S/C20H34N6O3Si.C17H17Cl2N7O.C9H12N6.C9H18N2O2/c1-20(2,3)29-19(27)25-8-7-15(12-25)24-17-16-11-23-26(18(16)22-13-21-17)14-28-9-10-30(4,5)6;18-10-3-11(19)5-13(4-10)20-7-15(27)26-2-1-12(8-26)24-16-14-6-23-25-17(14)22-9-21-16;1-2-10-3-6(1)14-8-7-4-13-15-9(7)12-5-11-8;1-9(2,3)13-8(12)11-5-4-7(10)6-11/h11,13,15H,7-10,12,14H2,1-6H3,(H,21,22,24);3-6,9,12,20H,1-2,7-8H2,(H2,21,22,23,24,25);4-6,10H,1-3H2,(H2,11,12,13,14,15);7H,4-6,10H2,1-3H3/t15-;12-;6-;7-/m1111/s1. The van der Waals surface area contributed by atoms with E-state index in [2.05, 4.69) is 102 Å². The molecule has 4 fully saturated rings. The minimum atomic E-state index is -1.12. The molecule has 0 aliphatic carbocycles. The number of anilines is 4. The summed E-state index contributed by atoms with van der Waals surface area (Å²) in [5.41, 5.74) is 7.69. The van der Waals surface area contributed by atoms with Crippen molar-refractivity contribution in [1.29, 1.82) is 0 Å². The van der Waals surface area contributed by atoms with E-state index in [1.165, 1.54) is 12.7 Å². The number of likely N-dealkylation sites (tertiary alicyclic amines) is 3. The van der Waals surface area contributed by atoms with Crippen LogP contribution in [0.3, 0.4) is 0 Å². The number of benzene rings is 1. The first-order valence-electron chi connectivity index (χ1n) is 28.6. The fraction of sp³-hybridized carbons (Fsp3) is 0.564. The summed E-state index contributed by atoms with van der Waals surface area (Å²) in [7, 11) is -1.12. The zero-order valence-electron chi connectivity index (χ0n) is 49.9. The number of halogens is 2. The Morgan fingerprint density at radius 2 is 1.20 bits per heavy atom. The van der Waals surface area contributed by atoms with Gasteiger partial charge in [-0.3, -0.25) is 15.0 Å². The highest BCUT2D eigenvalue weighted by Crippen LogP contribution is 2.26. The van der Waals surface area contributed by atoms with E-state index in [0.29, 0.717) is 61.2 Å². The zero-order valence-corrected chi connectivity index (χ0v) is 52.4. The third kappa shape index (κ3) is 19.4. The second-order valence-corrected chi connectivity index (χ2v) is 31.0. The Hall–Kier alpha value is -7.24. The van der Waals surface area contributed by atoms with E-state index in [9.17, 15) is 14.4 Å². The molecular weight excluding hydrogens is 1150 g/mol. The van der Waals surface area contributed by atoms with Crippen molar-refractivity contribution >= 4 is 106 Å². The first-order chi connectivity index (χ1) is 40.4. The molecule has 460 valence electrons. The number of hydrogen-bond acceptors (Lipinski definition) is 21. The monoisotopic (exact) mass is 1230 g/mol. The molecular formula is C55H81Cl2N21O6Si. The predicted molar refractivity (Wildman–Crippen MR) is 331 cm³/mol. The zero-order chi connectivity index (χ0) is 60.9. The summed E-state index contributed by atoms with van der Waals surface area (Å²) in [5, 5.41) is 38.3. The van der Waals surface area contributed by atoms with E-state index in [1.54, 1.807) is 57.6 Å². The maximum atomic E-state index is 12.5. The summed E-state index contributed by atoms with van der Waals surface area (Å²) < 4.78 is 18.2. The molecule has 4 aliphatic heterocycles. The molecule has 4 saturated heterocycles. The van der Waals surface area contributed by atoms with Crippen LogP contribution in [-0.4, -0.2) is 202 Å². The van der Waals surface area contributed by atoms with Crippen molar-refractivity contribution in [2.24, 2.45) is 5.73 Å². The highest BCUT2D eigenvalue weighted by atomic mass is 35.5. The predicted octanol–water partition coefficient (Wildman–Crippen LogP) is 7.43. The second-order valence-electron chi connectivity index (χ2n) is 24.5. The van der Waals surface area contributed by atoms with Crippen LogP contribution in [0.2, 0.25) is 35.7 Å². The number of H-pyrrole nitrogens is 2. The Morgan fingerprint density at radius 1 is 0.671 bits per heavy atom. The van der Waals surface area contributed by atoms with Crippen molar-refractivity contribution in [3.63, 3.8) is 0 Å². The summed E-state index contributed by atoms with van der Waals surface area (Å²) in [6.07, 6.45) is 12.9. The fourth-order valence-corrected chi connectivity index (χ4v) is 10.7. The van der Waals surface area contributed by atoms with E-state index < -0.39 is 19.3 Å². The third-order valence-electron chi connectivity index (χ3n) is 13.8. The van der Waals surface area contributed by atoms with Crippen LogP contribution in [0.4, 0.5) is 32.7 Å². The van der Waals surface area contributed by atoms with Crippen LogP contribution in [-0.2, 0) is 25.7 Å². The molecule has 85 heavy (non-hydrogen) atoms. The van der Waals surface area contributed by atoms with Crippen LogP contribution in [0.1, 0.15) is 67.2 Å². The van der Waals surface area contributed by atoms with Gasteiger partial charge in [0, 0.05) is 100 Å². The van der Waals surface area contributed by atoms with Crippen molar-refractivity contribution in [1.82, 2.24) is 80.1 Å². The molecule has 1 aromatic carbocycles. The van der Waals surface area contributed by atoms with Gasteiger partial charge in [0.05, 0.1) is 41.3 Å². The van der Waals surface area contributed by atoms with Crippen LogP contribution in [0.5, 0.6) is 0 Å². The molecule has 9 N–H and O–H groups in total. The highest BCUT2D eigenvalue weighted by molar-refractivity contribution is 6.76. The molecule has 0 unspecified atom stereocenters. The van der Waals surface area contributed by atoms with E-state index in [0.717, 1.165) is 109 Å². The van der Waals surface area contributed by atoms with Gasteiger partial charge in [-0.15, -0.1) is 0 Å². The molecule has 27 nitrogen and oxygen atoms in total. The van der Waals surface area contributed by atoms with Crippen LogP contribution in [0.15, 0.2) is 55.8 Å². The minimum absolute atomic E-state index is 0.0199. The number of rotatable bonds is 14. The number of hydrogen-bond donors (Lipinski definition) is 8. The van der Waals surface area contributed by atoms with Crippen molar-refractivity contribution in [2.75, 3.05) is 86.8 Å². The highest BCUT2D eigenvalue weighted by Gasteiger charge is 2.32. The number of aromatic nitrogens is 12. The number of ether oxygens (including phenoxy) is 3. The molecule has 4 aliphatic rings. The van der Waals surface area contributed by atoms with Gasteiger partial charge < -0.3 is 61.2 Å². The van der Waals surface area contributed by atoms with Gasteiger partial charge in [-0.1, -0.05) is 42.8 Å². The Labute approximate surface area is 505 Å². The molecule has 0 saturated carbocycles. The summed E-state index contributed by atoms with van der Waals surface area (Å²) in [6, 6.07) is 7.04. The van der Waals surface area contributed by atoms with Gasteiger partial charge in [0.1, 0.15) is 54.4 Å². The second kappa shape index (κ2) is 28.8. The van der Waals surface area contributed by atoms with Gasteiger partial charge in [-0.25, -0.2) is 44.2 Å². The lowest BCUT2D eigenvalue weighted by molar-refractivity contribution is -0.128. The van der Waals surface area contributed by atoms with E-state index in [-0.39, 0.29) is 42.8 Å². The number of nitrogens with one attached hydrogen (secondary N) is 7. The number of carbonyl (C=O) groups is 3. The third-order valence-corrected chi connectivity index (χ3v) is 15.9. The van der Waals surface area contributed by atoms with Crippen molar-refractivity contribution in [2.45, 2.75) is 135 Å². The molecule has 0 radical (unpaired) electrons. The molecule has 3 amide bonds. The maximum Gasteiger partial charge on any atom is 0.410 e. The molecule has 0 spiro atoms. The van der Waals surface area contributed by atoms with E-state index in [1.807, 2.05) is 46.4 Å². The van der Waals surface area contributed by atoms with Gasteiger partial charge in [0.15, 0.2) is 16.9 Å². The number of aromatic amines is 2. The van der Waals surface area contributed by atoms with Crippen molar-refractivity contribution in [3.8, 4) is 0 Å². The van der Waals surface area contributed by atoms with Crippen LogP contribution < -0.4 is 32.3 Å². The molecule has 10 heterocycles. The topological polar surface area (TPSA) is 327 Å². The number of fused-ring (bicyclic) bond motifs is 3. The first kappa shape index (κ1) is 63.8. The summed E-state index contributed by atoms with van der Waals surface area (Å²) in [6.45, 7) is 25.4. The first-order valence-corrected chi connectivity index (χ1v) is 33.1. The van der Waals surface area contributed by atoms with Gasteiger partial charge in [-0.05, 0) is 98.0 Å². The average Bonchev–Trinajstić information content (AvgIpc) is 4.16. The van der Waals surface area contributed by atoms with E-state index in [4.69, 9.17) is 43.1 Å². The van der Waals surface area contributed by atoms with Gasteiger partial charge in [0.25, 0.3) is 0 Å². The molecule has 30 heteroatoms. The van der Waals surface area contributed by atoms with Gasteiger partial charge >= 0.3 is 12.2 Å². The lowest BCUT2D eigenvalue weighted by Crippen LogP contribution is -2.36. The number of nitrogens with two attached hydrogens (primary N) is 1. The normalized spacial score (nSPS) is 18.8. The minimum Gasteiger partial charge on any atom is -0.444 e.